The summed E-state index contributed by atoms with van der Waals surface area (Å²) in [4.78, 5) is 16.6. The predicted octanol–water partition coefficient (Wildman–Crippen LogP) is 4.53. The molecule has 30 heavy (non-hydrogen) atoms. The minimum atomic E-state index is -0.263. The van der Waals surface area contributed by atoms with E-state index in [-0.39, 0.29) is 18.6 Å². The first-order valence-corrected chi connectivity index (χ1v) is 10.9. The number of hydrogen-bond acceptors (Lipinski definition) is 6. The number of ether oxygens (including phenoxy) is 4. The van der Waals surface area contributed by atoms with Crippen LogP contribution in [0.2, 0.25) is 0 Å². The zero-order valence-corrected chi connectivity index (χ0v) is 19.1. The normalized spacial score (nSPS) is 21.7. The summed E-state index contributed by atoms with van der Waals surface area (Å²) in [7, 11) is 3.28. The molecule has 1 fully saturated rings. The van der Waals surface area contributed by atoms with Crippen molar-refractivity contribution in [1.82, 2.24) is 0 Å². The predicted molar refractivity (Wildman–Crippen MR) is 119 cm³/mol. The maximum Gasteiger partial charge on any atom is 0.327 e. The van der Waals surface area contributed by atoms with Crippen LogP contribution in [0, 0.1) is 17.8 Å². The highest BCUT2D eigenvalue weighted by Crippen LogP contribution is 2.35. The standard InChI is InChI=1S/C24H37NO5/c1-17(2)20-9-7-18(3)13-22(20)30-24(26)16-25-15-19-8-10-21(28-5)23(14-19)29-12-6-11-27-4/h8,10,14-15,17-18,20,22H,6-7,9,11-13,16H2,1-5H3/t18-,20+,22-/m1/s1. The molecule has 168 valence electrons. The Morgan fingerprint density at radius 3 is 2.70 bits per heavy atom. The average molecular weight is 420 g/mol. The second-order valence-electron chi connectivity index (χ2n) is 8.43. The van der Waals surface area contributed by atoms with Gasteiger partial charge in [0, 0.05) is 26.4 Å². The molecule has 1 saturated carbocycles. The summed E-state index contributed by atoms with van der Waals surface area (Å²) in [5.74, 6) is 2.60. The van der Waals surface area contributed by atoms with Crippen LogP contribution in [-0.2, 0) is 14.3 Å². The van der Waals surface area contributed by atoms with Crippen LogP contribution in [0.25, 0.3) is 0 Å². The Bertz CT molecular complexity index is 688. The summed E-state index contributed by atoms with van der Waals surface area (Å²) in [5.41, 5.74) is 0.844. The van der Waals surface area contributed by atoms with Gasteiger partial charge >= 0.3 is 5.97 Å². The van der Waals surface area contributed by atoms with Crippen molar-refractivity contribution in [3.63, 3.8) is 0 Å². The van der Waals surface area contributed by atoms with E-state index in [1.54, 1.807) is 20.4 Å². The molecule has 0 aliphatic heterocycles. The van der Waals surface area contributed by atoms with Gasteiger partial charge in [-0.05, 0) is 54.4 Å². The second-order valence-corrected chi connectivity index (χ2v) is 8.43. The lowest BCUT2D eigenvalue weighted by Crippen LogP contribution is -2.36. The molecule has 0 spiro atoms. The molecule has 1 aliphatic carbocycles. The lowest BCUT2D eigenvalue weighted by molar-refractivity contribution is -0.154. The van der Waals surface area contributed by atoms with Crippen molar-refractivity contribution >= 4 is 12.2 Å². The van der Waals surface area contributed by atoms with Gasteiger partial charge in [0.15, 0.2) is 11.5 Å². The van der Waals surface area contributed by atoms with Crippen molar-refractivity contribution in [3.05, 3.63) is 23.8 Å². The van der Waals surface area contributed by atoms with Crippen molar-refractivity contribution in [2.45, 2.75) is 52.6 Å². The maximum absolute atomic E-state index is 12.4. The molecular weight excluding hydrogens is 382 g/mol. The molecule has 2 rings (SSSR count). The molecular formula is C24H37NO5. The summed E-state index contributed by atoms with van der Waals surface area (Å²) in [6.45, 7) is 7.84. The molecule has 0 bridgehead atoms. The Morgan fingerprint density at radius 1 is 1.20 bits per heavy atom. The first kappa shape index (κ1) is 24.2. The average Bonchev–Trinajstić information content (AvgIpc) is 2.71. The number of esters is 1. The molecule has 0 saturated heterocycles. The van der Waals surface area contributed by atoms with E-state index in [4.69, 9.17) is 18.9 Å². The Hall–Kier alpha value is -2.08. The minimum Gasteiger partial charge on any atom is -0.493 e. The number of methoxy groups -OCH3 is 2. The van der Waals surface area contributed by atoms with Gasteiger partial charge in [0.2, 0.25) is 0 Å². The highest BCUT2D eigenvalue weighted by Gasteiger charge is 2.33. The molecule has 6 heteroatoms. The third-order valence-corrected chi connectivity index (χ3v) is 5.64. The monoisotopic (exact) mass is 419 g/mol. The van der Waals surface area contributed by atoms with E-state index in [0.29, 0.717) is 42.5 Å². The van der Waals surface area contributed by atoms with Crippen LogP contribution in [0.4, 0.5) is 0 Å². The van der Waals surface area contributed by atoms with Crippen molar-refractivity contribution < 1.29 is 23.7 Å². The molecule has 0 amide bonds. The Morgan fingerprint density at radius 2 is 2.00 bits per heavy atom. The quantitative estimate of drug-likeness (QED) is 0.299. The van der Waals surface area contributed by atoms with Gasteiger partial charge in [-0.15, -0.1) is 0 Å². The fourth-order valence-electron chi connectivity index (χ4n) is 3.95. The smallest absolute Gasteiger partial charge is 0.327 e. The molecule has 0 heterocycles. The van der Waals surface area contributed by atoms with Gasteiger partial charge in [-0.25, -0.2) is 0 Å². The van der Waals surface area contributed by atoms with Crippen LogP contribution in [0.5, 0.6) is 11.5 Å². The molecule has 6 nitrogen and oxygen atoms in total. The number of nitrogens with zero attached hydrogens (tertiary/aromatic N) is 1. The Kier molecular flexibility index (Phi) is 10.1. The third kappa shape index (κ3) is 7.63. The molecule has 1 aliphatic rings. The zero-order chi connectivity index (χ0) is 21.9. The molecule has 3 atom stereocenters. The van der Waals surface area contributed by atoms with Gasteiger partial charge < -0.3 is 18.9 Å². The number of rotatable bonds is 11. The van der Waals surface area contributed by atoms with E-state index in [2.05, 4.69) is 25.8 Å². The largest absolute Gasteiger partial charge is 0.493 e. The molecule has 1 aromatic carbocycles. The molecule has 0 unspecified atom stereocenters. The summed E-state index contributed by atoms with van der Waals surface area (Å²) in [6, 6.07) is 5.58. The van der Waals surface area contributed by atoms with E-state index in [9.17, 15) is 4.79 Å². The maximum atomic E-state index is 12.4. The Balaban J connectivity index is 1.91. The Labute approximate surface area is 181 Å². The van der Waals surface area contributed by atoms with E-state index in [1.165, 1.54) is 6.42 Å². The van der Waals surface area contributed by atoms with E-state index in [0.717, 1.165) is 24.8 Å². The summed E-state index contributed by atoms with van der Waals surface area (Å²) in [6.07, 6.45) is 5.75. The highest BCUT2D eigenvalue weighted by atomic mass is 16.5. The summed E-state index contributed by atoms with van der Waals surface area (Å²) >= 11 is 0. The van der Waals surface area contributed by atoms with Gasteiger partial charge in [0.25, 0.3) is 0 Å². The molecule has 0 aromatic heterocycles. The molecule has 1 aromatic rings. The van der Waals surface area contributed by atoms with Crippen LogP contribution < -0.4 is 9.47 Å². The topological polar surface area (TPSA) is 66.4 Å². The highest BCUT2D eigenvalue weighted by molar-refractivity contribution is 5.83. The number of benzene rings is 1. The van der Waals surface area contributed by atoms with Gasteiger partial charge in [-0.2, -0.15) is 0 Å². The van der Waals surface area contributed by atoms with Crippen molar-refractivity contribution in [2.24, 2.45) is 22.7 Å². The lowest BCUT2D eigenvalue weighted by atomic mass is 9.75. The van der Waals surface area contributed by atoms with Gasteiger partial charge in [0.05, 0.1) is 13.7 Å². The van der Waals surface area contributed by atoms with Gasteiger partial charge in [-0.1, -0.05) is 27.2 Å². The number of carbonyl (C=O) groups excluding carboxylic acids is 1. The van der Waals surface area contributed by atoms with Crippen LogP contribution in [0.1, 0.15) is 52.0 Å². The van der Waals surface area contributed by atoms with E-state index in [1.807, 2.05) is 18.2 Å². The number of aliphatic imine (C=N–C) groups is 1. The summed E-state index contributed by atoms with van der Waals surface area (Å²) < 4.78 is 22.0. The first-order chi connectivity index (χ1) is 14.4. The van der Waals surface area contributed by atoms with Crippen molar-refractivity contribution in [2.75, 3.05) is 34.0 Å². The fraction of sp³-hybridized carbons (Fsp3) is 0.667. The minimum absolute atomic E-state index is 0.00420. The third-order valence-electron chi connectivity index (χ3n) is 5.64. The van der Waals surface area contributed by atoms with Gasteiger partial charge in [0.1, 0.15) is 12.6 Å². The number of hydrogen-bond donors (Lipinski definition) is 0. The number of carbonyl (C=O) groups is 1. The van der Waals surface area contributed by atoms with Crippen molar-refractivity contribution in [3.8, 4) is 11.5 Å². The fourth-order valence-corrected chi connectivity index (χ4v) is 3.95. The van der Waals surface area contributed by atoms with Crippen LogP contribution in [0.15, 0.2) is 23.2 Å². The molecule has 0 radical (unpaired) electrons. The van der Waals surface area contributed by atoms with Gasteiger partial charge in [-0.3, -0.25) is 9.79 Å². The molecule has 0 N–H and O–H groups in total. The zero-order valence-electron chi connectivity index (χ0n) is 19.1. The second kappa shape index (κ2) is 12.6. The van der Waals surface area contributed by atoms with Crippen LogP contribution >= 0.6 is 0 Å². The van der Waals surface area contributed by atoms with Crippen LogP contribution in [-0.4, -0.2) is 52.3 Å². The SMILES string of the molecule is COCCCOc1cc(C=NCC(=O)O[C@@H]2C[C@H](C)CC[C@H]2C(C)C)ccc1OC. The lowest BCUT2D eigenvalue weighted by Gasteiger charge is -2.36. The van der Waals surface area contributed by atoms with Crippen LogP contribution in [0.3, 0.4) is 0 Å². The van der Waals surface area contributed by atoms with E-state index >= 15 is 0 Å². The van der Waals surface area contributed by atoms with E-state index < -0.39 is 0 Å². The van der Waals surface area contributed by atoms with Crippen molar-refractivity contribution in [1.29, 1.82) is 0 Å². The first-order valence-electron chi connectivity index (χ1n) is 10.9. The summed E-state index contributed by atoms with van der Waals surface area (Å²) in [5, 5.41) is 0.